The fourth-order valence-electron chi connectivity index (χ4n) is 1.56. The molecule has 5 nitrogen and oxygen atoms in total. The minimum atomic E-state index is 0.0216. The lowest BCUT2D eigenvalue weighted by atomic mass is 10.1. The maximum absolute atomic E-state index is 11.8. The lowest BCUT2D eigenvalue weighted by Gasteiger charge is -2.18. The molecule has 21 heavy (non-hydrogen) atoms. The van der Waals surface area contributed by atoms with Crippen LogP contribution in [0.4, 0.5) is 0 Å². The molecular weight excluding hydrogens is 270 g/mol. The largest absolute Gasteiger partial charge is 0.377 e. The van der Waals surface area contributed by atoms with E-state index in [0.717, 1.165) is 12.8 Å². The molecule has 0 saturated carbocycles. The van der Waals surface area contributed by atoms with Crippen LogP contribution in [0.1, 0.15) is 47.0 Å². The van der Waals surface area contributed by atoms with E-state index in [9.17, 15) is 9.59 Å². The topological polar surface area (TPSA) is 55.8 Å². The van der Waals surface area contributed by atoms with Gasteiger partial charge in [-0.2, -0.15) is 0 Å². The van der Waals surface area contributed by atoms with E-state index in [1.54, 1.807) is 11.9 Å². The fraction of sp³-hybridized carbons (Fsp3) is 0.875. The van der Waals surface area contributed by atoms with Crippen LogP contribution < -0.4 is 0 Å². The molecule has 0 spiro atoms. The number of carbonyl (C=O) groups is 2. The van der Waals surface area contributed by atoms with Crippen LogP contribution in [0.2, 0.25) is 0 Å². The third kappa shape index (κ3) is 11.4. The van der Waals surface area contributed by atoms with Crippen molar-refractivity contribution in [3.63, 3.8) is 0 Å². The van der Waals surface area contributed by atoms with Gasteiger partial charge in [0.15, 0.2) is 5.78 Å². The molecule has 0 aromatic carbocycles. The number of unbranched alkanes of at least 4 members (excludes halogenated alkanes) is 1. The molecule has 0 radical (unpaired) electrons. The van der Waals surface area contributed by atoms with Crippen LogP contribution in [0.3, 0.4) is 0 Å². The molecule has 0 unspecified atom stereocenters. The van der Waals surface area contributed by atoms with E-state index in [1.807, 2.05) is 27.7 Å². The van der Waals surface area contributed by atoms with Crippen molar-refractivity contribution in [1.29, 1.82) is 0 Å². The first-order chi connectivity index (χ1) is 9.84. The third-order valence-electron chi connectivity index (χ3n) is 3.12. The van der Waals surface area contributed by atoms with Crippen LogP contribution in [0.5, 0.6) is 0 Å². The summed E-state index contributed by atoms with van der Waals surface area (Å²) in [6.07, 6.45) is 2.29. The van der Waals surface area contributed by atoms with Gasteiger partial charge in [-0.15, -0.1) is 0 Å². The monoisotopic (exact) mass is 301 g/mol. The van der Waals surface area contributed by atoms with Crippen molar-refractivity contribution >= 4 is 11.7 Å². The highest BCUT2D eigenvalue weighted by Crippen LogP contribution is 2.01. The van der Waals surface area contributed by atoms with Crippen molar-refractivity contribution in [3.8, 4) is 0 Å². The van der Waals surface area contributed by atoms with E-state index in [0.29, 0.717) is 26.2 Å². The normalized spacial score (nSPS) is 11.2. The van der Waals surface area contributed by atoms with Gasteiger partial charge >= 0.3 is 0 Å². The maximum Gasteiger partial charge on any atom is 0.222 e. The maximum atomic E-state index is 11.8. The first-order valence-corrected chi connectivity index (χ1v) is 7.80. The van der Waals surface area contributed by atoms with Crippen LogP contribution >= 0.6 is 0 Å². The highest BCUT2D eigenvalue weighted by Gasteiger charge is 2.09. The molecule has 0 aliphatic carbocycles. The molecule has 0 aromatic rings. The van der Waals surface area contributed by atoms with Crippen molar-refractivity contribution in [2.75, 3.05) is 33.4 Å². The number of Topliss-reactive ketones (excluding diaryl/α,β-unsaturated/α-hetero) is 1. The van der Waals surface area contributed by atoms with E-state index in [2.05, 4.69) is 0 Å². The van der Waals surface area contributed by atoms with Crippen molar-refractivity contribution in [1.82, 2.24) is 4.90 Å². The molecule has 0 aliphatic rings. The van der Waals surface area contributed by atoms with Crippen molar-refractivity contribution in [2.45, 2.75) is 53.1 Å². The molecule has 1 amide bonds. The smallest absolute Gasteiger partial charge is 0.222 e. The van der Waals surface area contributed by atoms with Gasteiger partial charge in [-0.3, -0.25) is 9.59 Å². The molecule has 5 heteroatoms. The Balaban J connectivity index is 3.54. The van der Waals surface area contributed by atoms with E-state index in [1.165, 1.54) is 0 Å². The SMILES string of the molecule is CC(C)OCCN(C)C(=O)CCCCOCC(=O)C(C)C. The van der Waals surface area contributed by atoms with Gasteiger partial charge in [0.05, 0.1) is 12.7 Å². The number of rotatable bonds is 12. The Labute approximate surface area is 129 Å². The molecule has 0 N–H and O–H groups in total. The van der Waals surface area contributed by atoms with Crippen LogP contribution in [0.25, 0.3) is 0 Å². The molecule has 0 fully saturated rings. The number of hydrogen-bond acceptors (Lipinski definition) is 4. The number of hydrogen-bond donors (Lipinski definition) is 0. The third-order valence-corrected chi connectivity index (χ3v) is 3.12. The molecule has 0 heterocycles. The number of likely N-dealkylation sites (N-methyl/N-ethyl adjacent to an activating group) is 1. The fourth-order valence-corrected chi connectivity index (χ4v) is 1.56. The van der Waals surface area contributed by atoms with Crippen molar-refractivity contribution in [2.24, 2.45) is 5.92 Å². The van der Waals surface area contributed by atoms with Gasteiger partial charge < -0.3 is 14.4 Å². The van der Waals surface area contributed by atoms with Crippen LogP contribution in [-0.4, -0.2) is 56.1 Å². The highest BCUT2D eigenvalue weighted by atomic mass is 16.5. The van der Waals surface area contributed by atoms with Crippen molar-refractivity contribution < 1.29 is 19.1 Å². The summed E-state index contributed by atoms with van der Waals surface area (Å²) in [5, 5.41) is 0. The second-order valence-corrected chi connectivity index (χ2v) is 5.87. The Hall–Kier alpha value is -0.940. The first-order valence-electron chi connectivity index (χ1n) is 7.80. The number of ketones is 1. The Morgan fingerprint density at radius 2 is 1.71 bits per heavy atom. The number of carbonyl (C=O) groups excluding carboxylic acids is 2. The van der Waals surface area contributed by atoms with Crippen LogP contribution in [-0.2, 0) is 19.1 Å². The summed E-state index contributed by atoms with van der Waals surface area (Å²) in [6, 6.07) is 0. The number of amides is 1. The van der Waals surface area contributed by atoms with E-state index in [4.69, 9.17) is 9.47 Å². The van der Waals surface area contributed by atoms with Gasteiger partial charge in [0.2, 0.25) is 5.91 Å². The van der Waals surface area contributed by atoms with Crippen LogP contribution in [0, 0.1) is 5.92 Å². The molecule has 124 valence electrons. The van der Waals surface area contributed by atoms with Crippen molar-refractivity contribution in [3.05, 3.63) is 0 Å². The Kier molecular flexibility index (Phi) is 11.2. The summed E-state index contributed by atoms with van der Waals surface area (Å²) in [6.45, 7) is 9.59. The van der Waals surface area contributed by atoms with Gasteiger partial charge in [-0.25, -0.2) is 0 Å². The quantitative estimate of drug-likeness (QED) is 0.519. The Bertz CT molecular complexity index is 303. The number of ether oxygens (including phenoxy) is 2. The van der Waals surface area contributed by atoms with E-state index in [-0.39, 0.29) is 30.3 Å². The van der Waals surface area contributed by atoms with Gasteiger partial charge in [0, 0.05) is 32.5 Å². The van der Waals surface area contributed by atoms with Crippen LogP contribution in [0.15, 0.2) is 0 Å². The van der Waals surface area contributed by atoms with Gasteiger partial charge in [-0.05, 0) is 26.7 Å². The average molecular weight is 301 g/mol. The second kappa shape index (κ2) is 11.7. The highest BCUT2D eigenvalue weighted by molar-refractivity contribution is 5.81. The van der Waals surface area contributed by atoms with Gasteiger partial charge in [-0.1, -0.05) is 13.8 Å². The first kappa shape index (κ1) is 20.1. The summed E-state index contributed by atoms with van der Waals surface area (Å²) in [5.74, 6) is 0.268. The van der Waals surface area contributed by atoms with Gasteiger partial charge in [0.1, 0.15) is 6.61 Å². The molecule has 0 rings (SSSR count). The van der Waals surface area contributed by atoms with E-state index < -0.39 is 0 Å². The summed E-state index contributed by atoms with van der Waals surface area (Å²) in [5.41, 5.74) is 0. The lowest BCUT2D eigenvalue weighted by Crippen LogP contribution is -2.30. The summed E-state index contributed by atoms with van der Waals surface area (Å²) >= 11 is 0. The molecule has 0 bridgehead atoms. The molecular formula is C16H31NO4. The molecule has 0 saturated heterocycles. The summed E-state index contributed by atoms with van der Waals surface area (Å²) in [4.78, 5) is 24.8. The predicted octanol–water partition coefficient (Wildman–Crippen LogP) is 2.28. The summed E-state index contributed by atoms with van der Waals surface area (Å²) in [7, 11) is 1.80. The average Bonchev–Trinajstić information content (AvgIpc) is 2.41. The molecule has 0 atom stereocenters. The Morgan fingerprint density at radius 3 is 2.29 bits per heavy atom. The lowest BCUT2D eigenvalue weighted by molar-refractivity contribution is -0.131. The standard InChI is InChI=1S/C16H31NO4/c1-13(2)15(18)12-20-10-7-6-8-16(19)17(5)9-11-21-14(3)4/h13-14H,6-12H2,1-5H3. The number of nitrogens with zero attached hydrogens (tertiary/aromatic N) is 1. The zero-order chi connectivity index (χ0) is 16.3. The molecule has 0 aromatic heterocycles. The predicted molar refractivity (Wildman–Crippen MR) is 83.2 cm³/mol. The second-order valence-electron chi connectivity index (χ2n) is 5.87. The zero-order valence-corrected chi connectivity index (χ0v) is 14.2. The van der Waals surface area contributed by atoms with E-state index >= 15 is 0 Å². The zero-order valence-electron chi connectivity index (χ0n) is 14.2. The summed E-state index contributed by atoms with van der Waals surface area (Å²) < 4.78 is 10.7. The minimum absolute atomic E-state index is 0.0216. The Morgan fingerprint density at radius 1 is 1.05 bits per heavy atom. The molecule has 0 aliphatic heterocycles. The van der Waals surface area contributed by atoms with Gasteiger partial charge in [0.25, 0.3) is 0 Å². The minimum Gasteiger partial charge on any atom is -0.377 e.